The quantitative estimate of drug-likeness (QED) is 0.511. The van der Waals surface area contributed by atoms with E-state index in [2.05, 4.69) is 20.8 Å². The van der Waals surface area contributed by atoms with Crippen LogP contribution in [0.25, 0.3) is 0 Å². The van der Waals surface area contributed by atoms with E-state index in [1.807, 2.05) is 0 Å². The molecule has 0 aromatic rings. The molecule has 11 unspecified atom stereocenters. The van der Waals surface area contributed by atoms with Crippen molar-refractivity contribution in [1.29, 1.82) is 0 Å². The minimum atomic E-state index is -1.04. The largest absolute Gasteiger partial charge is 0.393 e. The summed E-state index contributed by atoms with van der Waals surface area (Å²) in [6.07, 6.45) is 9.25. The molecule has 11 atom stereocenters. The molecular formula is C27H48O4. The molecule has 4 aliphatic rings. The van der Waals surface area contributed by atoms with Gasteiger partial charge in [-0.15, -0.1) is 0 Å². The summed E-state index contributed by atoms with van der Waals surface area (Å²) < 4.78 is 0. The fourth-order valence-corrected chi connectivity index (χ4v) is 9.15. The molecule has 4 rings (SSSR count). The Kier molecular flexibility index (Phi) is 6.38. The third kappa shape index (κ3) is 4.02. The fraction of sp³-hybridized carbons (Fsp3) is 1.00. The molecular weight excluding hydrogens is 388 g/mol. The number of fused-ring (bicyclic) bond motifs is 5. The fourth-order valence-electron chi connectivity index (χ4n) is 9.15. The smallest absolute Gasteiger partial charge is 0.0849 e. The topological polar surface area (TPSA) is 80.9 Å². The van der Waals surface area contributed by atoms with Crippen LogP contribution in [0, 0.1) is 46.3 Å². The molecule has 0 amide bonds. The second-order valence-electron chi connectivity index (χ2n) is 13.2. The van der Waals surface area contributed by atoms with Crippen LogP contribution in [0.2, 0.25) is 0 Å². The Labute approximate surface area is 189 Å². The zero-order valence-corrected chi connectivity index (χ0v) is 20.6. The van der Waals surface area contributed by atoms with Crippen LogP contribution in [-0.2, 0) is 0 Å². The van der Waals surface area contributed by atoms with Crippen LogP contribution < -0.4 is 0 Å². The maximum atomic E-state index is 11.4. The van der Waals surface area contributed by atoms with Gasteiger partial charge in [-0.3, -0.25) is 0 Å². The standard InChI is InChI=1S/C27H48O4/c1-16(6-9-23(30)25(2,3)31)19-7-8-20-24-21(11-13-27(19,20)5)26(4)12-10-18(28)14-17(26)15-22(24)29/h16-24,28-31H,6-15H2,1-5H3. The molecule has 31 heavy (non-hydrogen) atoms. The Hall–Kier alpha value is -0.160. The van der Waals surface area contributed by atoms with Crippen LogP contribution in [0.5, 0.6) is 0 Å². The Balaban J connectivity index is 1.49. The normalized spacial score (nSPS) is 49.6. The number of rotatable bonds is 5. The highest BCUT2D eigenvalue weighted by molar-refractivity contribution is 5.11. The van der Waals surface area contributed by atoms with Gasteiger partial charge in [0.05, 0.1) is 23.9 Å². The Morgan fingerprint density at radius 2 is 1.55 bits per heavy atom. The second-order valence-corrected chi connectivity index (χ2v) is 13.2. The van der Waals surface area contributed by atoms with Crippen LogP contribution in [0.15, 0.2) is 0 Å². The molecule has 0 aliphatic heterocycles. The summed E-state index contributed by atoms with van der Waals surface area (Å²) >= 11 is 0. The van der Waals surface area contributed by atoms with Crippen molar-refractivity contribution >= 4 is 0 Å². The average Bonchev–Trinajstić information content (AvgIpc) is 3.03. The zero-order chi connectivity index (χ0) is 22.8. The van der Waals surface area contributed by atoms with E-state index in [1.165, 1.54) is 25.7 Å². The molecule has 0 aromatic carbocycles. The predicted octanol–water partition coefficient (Wildman–Crippen LogP) is 4.53. The number of aliphatic hydroxyl groups is 4. The van der Waals surface area contributed by atoms with Crippen LogP contribution >= 0.6 is 0 Å². The third-order valence-electron chi connectivity index (χ3n) is 11.1. The van der Waals surface area contributed by atoms with Crippen LogP contribution in [0.1, 0.15) is 98.8 Å². The van der Waals surface area contributed by atoms with Gasteiger partial charge in [0, 0.05) is 0 Å². The summed E-state index contributed by atoms with van der Waals surface area (Å²) in [7, 11) is 0. The van der Waals surface area contributed by atoms with Crippen LogP contribution in [0.4, 0.5) is 0 Å². The van der Waals surface area contributed by atoms with E-state index in [1.54, 1.807) is 13.8 Å². The van der Waals surface area contributed by atoms with Crippen molar-refractivity contribution in [1.82, 2.24) is 0 Å². The first kappa shape index (κ1) is 24.0. The second kappa shape index (κ2) is 8.25. The van der Waals surface area contributed by atoms with Crippen LogP contribution in [-0.4, -0.2) is 44.3 Å². The molecule has 4 fully saturated rings. The monoisotopic (exact) mass is 436 g/mol. The van der Waals surface area contributed by atoms with Crippen molar-refractivity contribution in [2.45, 2.75) is 123 Å². The van der Waals surface area contributed by atoms with Gasteiger partial charge in [-0.05, 0) is 124 Å². The third-order valence-corrected chi connectivity index (χ3v) is 11.1. The predicted molar refractivity (Wildman–Crippen MR) is 123 cm³/mol. The molecule has 0 radical (unpaired) electrons. The molecule has 4 N–H and O–H groups in total. The van der Waals surface area contributed by atoms with E-state index in [9.17, 15) is 20.4 Å². The van der Waals surface area contributed by atoms with E-state index < -0.39 is 11.7 Å². The molecule has 4 aliphatic carbocycles. The molecule has 4 saturated carbocycles. The zero-order valence-electron chi connectivity index (χ0n) is 20.6. The first-order chi connectivity index (χ1) is 14.4. The van der Waals surface area contributed by atoms with Crippen molar-refractivity contribution in [2.24, 2.45) is 46.3 Å². The van der Waals surface area contributed by atoms with Crippen molar-refractivity contribution in [3.8, 4) is 0 Å². The Bertz CT molecular complexity index is 644. The first-order valence-electron chi connectivity index (χ1n) is 13.1. The van der Waals surface area contributed by atoms with E-state index in [4.69, 9.17) is 0 Å². The van der Waals surface area contributed by atoms with Gasteiger partial charge in [-0.25, -0.2) is 0 Å². The van der Waals surface area contributed by atoms with Gasteiger partial charge < -0.3 is 20.4 Å². The Morgan fingerprint density at radius 1 is 0.903 bits per heavy atom. The van der Waals surface area contributed by atoms with Crippen molar-refractivity contribution in [2.75, 3.05) is 0 Å². The lowest BCUT2D eigenvalue weighted by Crippen LogP contribution is -2.58. The van der Waals surface area contributed by atoms with Gasteiger partial charge in [0.15, 0.2) is 0 Å². The van der Waals surface area contributed by atoms with Crippen molar-refractivity contribution in [3.05, 3.63) is 0 Å². The maximum absolute atomic E-state index is 11.4. The minimum absolute atomic E-state index is 0.174. The van der Waals surface area contributed by atoms with Gasteiger partial charge in [0.2, 0.25) is 0 Å². The van der Waals surface area contributed by atoms with Gasteiger partial charge in [-0.2, -0.15) is 0 Å². The molecule has 4 heteroatoms. The molecule has 4 nitrogen and oxygen atoms in total. The minimum Gasteiger partial charge on any atom is -0.393 e. The van der Waals surface area contributed by atoms with Crippen molar-refractivity contribution < 1.29 is 20.4 Å². The Morgan fingerprint density at radius 3 is 2.23 bits per heavy atom. The molecule has 0 bridgehead atoms. The van der Waals surface area contributed by atoms with Crippen molar-refractivity contribution in [3.63, 3.8) is 0 Å². The van der Waals surface area contributed by atoms with E-state index in [0.717, 1.165) is 32.1 Å². The summed E-state index contributed by atoms with van der Waals surface area (Å²) in [4.78, 5) is 0. The van der Waals surface area contributed by atoms with E-state index in [-0.39, 0.29) is 23.0 Å². The van der Waals surface area contributed by atoms with Gasteiger partial charge in [-0.1, -0.05) is 20.8 Å². The highest BCUT2D eigenvalue weighted by atomic mass is 16.3. The summed E-state index contributed by atoms with van der Waals surface area (Å²) in [5.74, 6) is 3.23. The lowest BCUT2D eigenvalue weighted by Gasteiger charge is -2.62. The molecule has 0 heterocycles. The molecule has 0 aromatic heterocycles. The summed E-state index contributed by atoms with van der Waals surface area (Å²) in [5, 5.41) is 42.0. The summed E-state index contributed by atoms with van der Waals surface area (Å²) in [5.41, 5.74) is -0.477. The lowest BCUT2D eigenvalue weighted by molar-refractivity contribution is -0.174. The maximum Gasteiger partial charge on any atom is 0.0849 e. The number of aliphatic hydroxyl groups excluding tert-OH is 3. The summed E-state index contributed by atoms with van der Waals surface area (Å²) in [6, 6.07) is 0. The van der Waals surface area contributed by atoms with E-state index >= 15 is 0 Å². The number of hydrogen-bond acceptors (Lipinski definition) is 4. The van der Waals surface area contributed by atoms with Gasteiger partial charge in [0.1, 0.15) is 0 Å². The first-order valence-corrected chi connectivity index (χ1v) is 13.1. The highest BCUT2D eigenvalue weighted by Crippen LogP contribution is 2.68. The lowest BCUT2D eigenvalue weighted by atomic mass is 9.43. The average molecular weight is 437 g/mol. The van der Waals surface area contributed by atoms with E-state index in [0.29, 0.717) is 41.9 Å². The molecule has 0 saturated heterocycles. The number of hydrogen-bond donors (Lipinski definition) is 4. The highest BCUT2D eigenvalue weighted by Gasteiger charge is 2.62. The van der Waals surface area contributed by atoms with Crippen LogP contribution in [0.3, 0.4) is 0 Å². The summed E-state index contributed by atoms with van der Waals surface area (Å²) in [6.45, 7) is 10.7. The van der Waals surface area contributed by atoms with Gasteiger partial charge >= 0.3 is 0 Å². The SMILES string of the molecule is CC(CCC(O)C(C)(C)O)C1CCC2C3C(O)CC4CC(O)CCC4(C)C3CCC12C. The molecule has 180 valence electrons. The molecule has 0 spiro atoms. The van der Waals surface area contributed by atoms with Gasteiger partial charge in [0.25, 0.3) is 0 Å².